The zero-order valence-corrected chi connectivity index (χ0v) is 11.5. The predicted octanol–water partition coefficient (Wildman–Crippen LogP) is 1.51. The van der Waals surface area contributed by atoms with Crippen molar-refractivity contribution >= 4 is 30.8 Å². The number of nitrogens with zero attached hydrogens (tertiary/aromatic N) is 2. The van der Waals surface area contributed by atoms with Crippen molar-refractivity contribution in [3.05, 3.63) is 18.2 Å². The van der Waals surface area contributed by atoms with E-state index in [1.807, 2.05) is 18.4 Å². The molecule has 0 radical (unpaired) electrons. The van der Waals surface area contributed by atoms with Gasteiger partial charge in [-0.1, -0.05) is 0 Å². The van der Waals surface area contributed by atoms with E-state index in [0.29, 0.717) is 6.42 Å². The lowest BCUT2D eigenvalue weighted by Gasteiger charge is -2.14. The van der Waals surface area contributed by atoms with E-state index in [0.717, 1.165) is 5.69 Å². The minimum atomic E-state index is -0.853. The number of hydrogen-bond acceptors (Lipinski definition) is 3. The lowest BCUT2D eigenvalue weighted by molar-refractivity contribution is -0.141. The number of aliphatic carboxylic acids is 1. The fraction of sp³-hybridized carbons (Fsp3) is 0.600. The number of carbonyl (C=O) groups is 1. The van der Waals surface area contributed by atoms with Gasteiger partial charge in [-0.05, 0) is 13.8 Å². The van der Waals surface area contributed by atoms with Gasteiger partial charge in [0.2, 0.25) is 0 Å². The molecule has 100 valence electrons. The summed E-state index contributed by atoms with van der Waals surface area (Å²) in [6.45, 7) is 4.21. The summed E-state index contributed by atoms with van der Waals surface area (Å²) in [6.07, 6.45) is 3.85. The minimum absolute atomic E-state index is 0. The Morgan fingerprint density at radius 2 is 2.12 bits per heavy atom. The Morgan fingerprint density at radius 1 is 1.53 bits per heavy atom. The fourth-order valence-corrected chi connectivity index (χ4v) is 1.48. The molecular weight excluding hydrogens is 265 g/mol. The second-order valence-corrected chi connectivity index (χ2v) is 3.86. The van der Waals surface area contributed by atoms with Crippen molar-refractivity contribution in [2.75, 3.05) is 6.54 Å². The largest absolute Gasteiger partial charge is 0.481 e. The summed E-state index contributed by atoms with van der Waals surface area (Å²) in [4.78, 5) is 14.8. The smallest absolute Gasteiger partial charge is 0.308 e. The third kappa shape index (κ3) is 4.93. The number of aromatic nitrogens is 2. The van der Waals surface area contributed by atoms with Gasteiger partial charge in [0, 0.05) is 30.9 Å². The van der Waals surface area contributed by atoms with E-state index in [1.165, 1.54) is 0 Å². The highest BCUT2D eigenvalue weighted by molar-refractivity contribution is 5.85. The molecule has 0 saturated heterocycles. The summed E-state index contributed by atoms with van der Waals surface area (Å²) in [7, 11) is 0. The molecule has 1 aromatic rings. The van der Waals surface area contributed by atoms with E-state index in [1.54, 1.807) is 12.5 Å². The molecule has 0 spiro atoms. The maximum atomic E-state index is 10.8. The first-order valence-corrected chi connectivity index (χ1v) is 4.99. The summed E-state index contributed by atoms with van der Waals surface area (Å²) >= 11 is 0. The third-order valence-corrected chi connectivity index (χ3v) is 2.39. The molecule has 1 rings (SSSR count). The van der Waals surface area contributed by atoms with E-state index in [-0.39, 0.29) is 37.4 Å². The van der Waals surface area contributed by atoms with Crippen LogP contribution < -0.4 is 5.73 Å². The van der Waals surface area contributed by atoms with Gasteiger partial charge in [0.25, 0.3) is 0 Å². The number of imidazole rings is 1. The highest BCUT2D eigenvalue weighted by atomic mass is 35.5. The summed E-state index contributed by atoms with van der Waals surface area (Å²) < 4.78 is 1.96. The van der Waals surface area contributed by atoms with Crippen LogP contribution in [0.1, 0.15) is 25.6 Å². The van der Waals surface area contributed by atoms with Gasteiger partial charge in [-0.3, -0.25) is 4.79 Å². The summed E-state index contributed by atoms with van der Waals surface area (Å²) in [6, 6.07) is 0.287. The van der Waals surface area contributed by atoms with Crippen molar-refractivity contribution < 1.29 is 9.90 Å². The molecule has 0 fully saturated rings. The number of rotatable bonds is 5. The Bertz CT molecular complexity index is 342. The van der Waals surface area contributed by atoms with Crippen molar-refractivity contribution in [1.29, 1.82) is 0 Å². The first-order chi connectivity index (χ1) is 7.06. The van der Waals surface area contributed by atoms with E-state index < -0.39 is 11.9 Å². The Kier molecular flexibility index (Phi) is 9.11. The van der Waals surface area contributed by atoms with E-state index in [4.69, 9.17) is 10.8 Å². The second kappa shape index (κ2) is 8.33. The van der Waals surface area contributed by atoms with E-state index >= 15 is 0 Å². The maximum absolute atomic E-state index is 10.8. The lowest BCUT2D eigenvalue weighted by Crippen LogP contribution is -2.26. The third-order valence-electron chi connectivity index (χ3n) is 2.39. The highest BCUT2D eigenvalue weighted by Gasteiger charge is 2.18. The van der Waals surface area contributed by atoms with Gasteiger partial charge < -0.3 is 15.4 Å². The predicted molar refractivity (Wildman–Crippen MR) is 71.0 cm³/mol. The number of hydrogen-bond donors (Lipinski definition) is 2. The average molecular weight is 284 g/mol. The molecule has 5 nitrogen and oxygen atoms in total. The Morgan fingerprint density at radius 3 is 2.53 bits per heavy atom. The summed E-state index contributed by atoms with van der Waals surface area (Å²) in [5.41, 5.74) is 6.33. The zero-order valence-electron chi connectivity index (χ0n) is 9.87. The number of carboxylic acids is 1. The molecule has 1 atom stereocenters. The normalized spacial score (nSPS) is 11.5. The monoisotopic (exact) mass is 283 g/mol. The number of nitrogens with two attached hydrogens (primary N) is 1. The molecule has 0 aliphatic rings. The molecule has 0 aromatic carbocycles. The molecule has 3 N–H and O–H groups in total. The van der Waals surface area contributed by atoms with Crippen LogP contribution in [0.2, 0.25) is 0 Å². The van der Waals surface area contributed by atoms with Gasteiger partial charge in [-0.15, -0.1) is 24.8 Å². The number of carboxylic acid groups (broad SMARTS) is 1. The molecular formula is C10H19Cl2N3O2. The van der Waals surface area contributed by atoms with Gasteiger partial charge >= 0.3 is 5.97 Å². The SMILES string of the molecule is CC(C)n1cncc1CC(CN)C(=O)O.Cl.Cl. The molecule has 0 amide bonds. The van der Waals surface area contributed by atoms with Gasteiger partial charge in [-0.2, -0.15) is 0 Å². The van der Waals surface area contributed by atoms with Crippen molar-refractivity contribution in [2.24, 2.45) is 11.7 Å². The molecule has 7 heteroatoms. The van der Waals surface area contributed by atoms with Crippen LogP contribution in [0.5, 0.6) is 0 Å². The molecule has 1 heterocycles. The number of halogens is 2. The standard InChI is InChI=1S/C10H17N3O2.2ClH/c1-7(2)13-6-12-5-9(13)3-8(4-11)10(14)15;;/h5-8H,3-4,11H2,1-2H3,(H,14,15);2*1H. The minimum Gasteiger partial charge on any atom is -0.481 e. The van der Waals surface area contributed by atoms with Crippen molar-refractivity contribution in [3.8, 4) is 0 Å². The highest BCUT2D eigenvalue weighted by Crippen LogP contribution is 2.13. The van der Waals surface area contributed by atoms with Crippen LogP contribution in [0.4, 0.5) is 0 Å². The zero-order chi connectivity index (χ0) is 11.4. The van der Waals surface area contributed by atoms with Crippen LogP contribution in [0.15, 0.2) is 12.5 Å². The van der Waals surface area contributed by atoms with Crippen molar-refractivity contribution in [1.82, 2.24) is 9.55 Å². The lowest BCUT2D eigenvalue weighted by atomic mass is 10.0. The van der Waals surface area contributed by atoms with Gasteiger partial charge in [0.15, 0.2) is 0 Å². The first kappa shape index (κ1) is 18.6. The summed E-state index contributed by atoms with van der Waals surface area (Å²) in [5, 5.41) is 8.89. The Labute approximate surface area is 113 Å². The molecule has 17 heavy (non-hydrogen) atoms. The van der Waals surface area contributed by atoms with Crippen molar-refractivity contribution in [2.45, 2.75) is 26.3 Å². The van der Waals surface area contributed by atoms with Crippen LogP contribution in [-0.4, -0.2) is 27.2 Å². The molecule has 1 aromatic heterocycles. The fourth-order valence-electron chi connectivity index (χ4n) is 1.48. The maximum Gasteiger partial charge on any atom is 0.308 e. The van der Waals surface area contributed by atoms with Crippen LogP contribution in [-0.2, 0) is 11.2 Å². The van der Waals surface area contributed by atoms with Crippen molar-refractivity contribution in [3.63, 3.8) is 0 Å². The molecule has 0 bridgehead atoms. The molecule has 0 saturated carbocycles. The topological polar surface area (TPSA) is 81.1 Å². The van der Waals surface area contributed by atoms with Gasteiger partial charge in [0.05, 0.1) is 12.2 Å². The quantitative estimate of drug-likeness (QED) is 0.858. The van der Waals surface area contributed by atoms with Crippen LogP contribution in [0.3, 0.4) is 0 Å². The van der Waals surface area contributed by atoms with Gasteiger partial charge in [-0.25, -0.2) is 4.98 Å². The Hall–Kier alpha value is -0.780. The van der Waals surface area contributed by atoms with Crippen LogP contribution in [0.25, 0.3) is 0 Å². The first-order valence-electron chi connectivity index (χ1n) is 4.99. The van der Waals surface area contributed by atoms with E-state index in [9.17, 15) is 4.79 Å². The van der Waals surface area contributed by atoms with Crippen LogP contribution in [0, 0.1) is 5.92 Å². The Balaban J connectivity index is 0. The molecule has 1 unspecified atom stereocenters. The second-order valence-electron chi connectivity index (χ2n) is 3.86. The summed E-state index contributed by atoms with van der Waals surface area (Å²) in [5.74, 6) is -1.38. The molecule has 0 aliphatic heterocycles. The molecule has 0 aliphatic carbocycles. The van der Waals surface area contributed by atoms with E-state index in [2.05, 4.69) is 4.98 Å². The van der Waals surface area contributed by atoms with Crippen LogP contribution >= 0.6 is 24.8 Å². The average Bonchev–Trinajstić information content (AvgIpc) is 2.61. The van der Waals surface area contributed by atoms with Gasteiger partial charge in [0.1, 0.15) is 0 Å².